The van der Waals surface area contributed by atoms with Crippen LogP contribution in [0.4, 0.5) is 0 Å². The molecule has 1 aliphatic heterocycles. The van der Waals surface area contributed by atoms with Crippen molar-refractivity contribution >= 4 is 16.9 Å². The molecule has 0 amide bonds. The molecule has 1 aromatic heterocycles. The molecule has 5 heteroatoms. The van der Waals surface area contributed by atoms with Crippen molar-refractivity contribution in [3.63, 3.8) is 0 Å². The standard InChI is InChI=1S/C16H17NO4/c18-16(19)15-12-6-1-2-7-13(12)17-9-14(15)21-10-11-5-3-4-8-20-11/h1-2,6-7,9,11H,3-5,8,10H2,(H,18,19). The Balaban J connectivity index is 1.87. The first-order valence-corrected chi connectivity index (χ1v) is 7.11. The minimum atomic E-state index is -1.01. The lowest BCUT2D eigenvalue weighted by Gasteiger charge is -2.23. The third-order valence-corrected chi connectivity index (χ3v) is 3.65. The number of benzene rings is 1. The molecule has 1 N–H and O–H groups in total. The third kappa shape index (κ3) is 2.97. The molecular weight excluding hydrogens is 270 g/mol. The maximum atomic E-state index is 11.5. The number of fused-ring (bicyclic) bond motifs is 1. The summed E-state index contributed by atoms with van der Waals surface area (Å²) in [6.07, 6.45) is 4.66. The Kier molecular flexibility index (Phi) is 4.01. The summed E-state index contributed by atoms with van der Waals surface area (Å²) in [4.78, 5) is 15.8. The van der Waals surface area contributed by atoms with E-state index in [9.17, 15) is 9.90 Å². The van der Waals surface area contributed by atoms with Gasteiger partial charge < -0.3 is 14.6 Å². The summed E-state index contributed by atoms with van der Waals surface area (Å²) >= 11 is 0. The molecule has 1 aromatic carbocycles. The summed E-state index contributed by atoms with van der Waals surface area (Å²) in [6, 6.07) is 7.16. The van der Waals surface area contributed by atoms with Crippen molar-refractivity contribution in [1.29, 1.82) is 0 Å². The van der Waals surface area contributed by atoms with E-state index in [1.807, 2.05) is 6.07 Å². The van der Waals surface area contributed by atoms with Gasteiger partial charge in [0.15, 0.2) is 5.75 Å². The Morgan fingerprint density at radius 3 is 3.00 bits per heavy atom. The topological polar surface area (TPSA) is 68.7 Å². The Bertz CT molecular complexity index is 650. The van der Waals surface area contributed by atoms with Crippen LogP contribution in [0.5, 0.6) is 5.75 Å². The average Bonchev–Trinajstić information content (AvgIpc) is 2.53. The van der Waals surface area contributed by atoms with Gasteiger partial charge in [0.25, 0.3) is 0 Å². The number of carboxylic acid groups (broad SMARTS) is 1. The van der Waals surface area contributed by atoms with Gasteiger partial charge in [0.1, 0.15) is 12.2 Å². The van der Waals surface area contributed by atoms with Gasteiger partial charge in [-0.3, -0.25) is 4.98 Å². The zero-order valence-electron chi connectivity index (χ0n) is 11.6. The molecule has 1 atom stereocenters. The molecule has 1 saturated heterocycles. The molecule has 0 spiro atoms. The number of carboxylic acids is 1. The van der Waals surface area contributed by atoms with Crippen LogP contribution in [0.25, 0.3) is 10.9 Å². The molecule has 0 bridgehead atoms. The number of aromatic nitrogens is 1. The molecule has 1 aliphatic rings. The fourth-order valence-electron chi connectivity index (χ4n) is 2.57. The van der Waals surface area contributed by atoms with Crippen LogP contribution >= 0.6 is 0 Å². The van der Waals surface area contributed by atoms with Crippen molar-refractivity contribution in [2.45, 2.75) is 25.4 Å². The zero-order chi connectivity index (χ0) is 14.7. The summed E-state index contributed by atoms with van der Waals surface area (Å²) in [5.74, 6) is -0.705. The van der Waals surface area contributed by atoms with Crippen LogP contribution in [-0.2, 0) is 4.74 Å². The number of aromatic carboxylic acids is 1. The summed E-state index contributed by atoms with van der Waals surface area (Å²) in [7, 11) is 0. The van der Waals surface area contributed by atoms with Crippen molar-refractivity contribution < 1.29 is 19.4 Å². The number of para-hydroxylation sites is 1. The SMILES string of the molecule is O=C(O)c1c(OCC2CCCCO2)cnc2ccccc12. The Hall–Kier alpha value is -2.14. The minimum Gasteiger partial charge on any atom is -0.488 e. The summed E-state index contributed by atoms with van der Waals surface area (Å²) < 4.78 is 11.3. The highest BCUT2D eigenvalue weighted by Crippen LogP contribution is 2.27. The molecule has 0 radical (unpaired) electrons. The van der Waals surface area contributed by atoms with E-state index in [1.165, 1.54) is 6.20 Å². The molecule has 110 valence electrons. The smallest absolute Gasteiger partial charge is 0.340 e. The zero-order valence-corrected chi connectivity index (χ0v) is 11.6. The normalized spacial score (nSPS) is 18.6. The monoisotopic (exact) mass is 287 g/mol. The molecule has 3 rings (SSSR count). The maximum Gasteiger partial charge on any atom is 0.340 e. The van der Waals surface area contributed by atoms with Crippen LogP contribution in [0.15, 0.2) is 30.5 Å². The summed E-state index contributed by atoms with van der Waals surface area (Å²) in [5, 5.41) is 10.1. The van der Waals surface area contributed by atoms with E-state index in [4.69, 9.17) is 9.47 Å². The van der Waals surface area contributed by atoms with E-state index in [0.29, 0.717) is 23.3 Å². The van der Waals surface area contributed by atoms with Crippen LogP contribution < -0.4 is 4.74 Å². The first-order valence-electron chi connectivity index (χ1n) is 7.11. The van der Waals surface area contributed by atoms with E-state index in [0.717, 1.165) is 25.9 Å². The van der Waals surface area contributed by atoms with Gasteiger partial charge >= 0.3 is 5.97 Å². The van der Waals surface area contributed by atoms with Gasteiger partial charge in [-0.15, -0.1) is 0 Å². The first kappa shape index (κ1) is 13.8. The largest absolute Gasteiger partial charge is 0.488 e. The Morgan fingerprint density at radius 2 is 2.24 bits per heavy atom. The second-order valence-corrected chi connectivity index (χ2v) is 5.12. The van der Waals surface area contributed by atoms with Crippen molar-refractivity contribution in [2.75, 3.05) is 13.2 Å². The predicted octanol–water partition coefficient (Wildman–Crippen LogP) is 2.88. The number of rotatable bonds is 4. The van der Waals surface area contributed by atoms with Crippen molar-refractivity contribution in [2.24, 2.45) is 0 Å². The van der Waals surface area contributed by atoms with E-state index in [2.05, 4.69) is 4.98 Å². The molecule has 2 heterocycles. The van der Waals surface area contributed by atoms with Gasteiger partial charge in [-0.1, -0.05) is 18.2 Å². The number of ether oxygens (including phenoxy) is 2. The Morgan fingerprint density at radius 1 is 1.38 bits per heavy atom. The van der Waals surface area contributed by atoms with Crippen molar-refractivity contribution in [1.82, 2.24) is 4.98 Å². The van der Waals surface area contributed by atoms with Gasteiger partial charge in [0, 0.05) is 12.0 Å². The highest BCUT2D eigenvalue weighted by molar-refractivity contribution is 6.04. The molecule has 0 saturated carbocycles. The van der Waals surface area contributed by atoms with Crippen LogP contribution in [0.3, 0.4) is 0 Å². The van der Waals surface area contributed by atoms with Gasteiger partial charge in [0.2, 0.25) is 0 Å². The van der Waals surface area contributed by atoms with Crippen LogP contribution in [0.1, 0.15) is 29.6 Å². The molecule has 5 nitrogen and oxygen atoms in total. The van der Waals surface area contributed by atoms with Crippen LogP contribution in [0.2, 0.25) is 0 Å². The van der Waals surface area contributed by atoms with Gasteiger partial charge in [0.05, 0.1) is 17.8 Å². The summed E-state index contributed by atoms with van der Waals surface area (Å²) in [6.45, 7) is 1.11. The van der Waals surface area contributed by atoms with Crippen LogP contribution in [-0.4, -0.2) is 35.4 Å². The lowest BCUT2D eigenvalue weighted by atomic mass is 10.1. The van der Waals surface area contributed by atoms with Gasteiger partial charge in [-0.05, 0) is 25.3 Å². The molecule has 1 unspecified atom stereocenters. The van der Waals surface area contributed by atoms with Crippen molar-refractivity contribution in [3.8, 4) is 5.75 Å². The summed E-state index contributed by atoms with van der Waals surface area (Å²) in [5.41, 5.74) is 0.813. The van der Waals surface area contributed by atoms with Gasteiger partial charge in [-0.25, -0.2) is 4.79 Å². The second-order valence-electron chi connectivity index (χ2n) is 5.12. The number of hydrogen-bond acceptors (Lipinski definition) is 4. The molecule has 2 aromatic rings. The highest BCUT2D eigenvalue weighted by Gasteiger charge is 2.19. The highest BCUT2D eigenvalue weighted by atomic mass is 16.5. The van der Waals surface area contributed by atoms with Crippen molar-refractivity contribution in [3.05, 3.63) is 36.0 Å². The average molecular weight is 287 g/mol. The number of hydrogen-bond donors (Lipinski definition) is 1. The van der Waals surface area contributed by atoms with E-state index in [1.54, 1.807) is 18.2 Å². The minimum absolute atomic E-state index is 0.0341. The first-order chi connectivity index (χ1) is 10.3. The van der Waals surface area contributed by atoms with E-state index < -0.39 is 5.97 Å². The Labute approximate surface area is 122 Å². The van der Waals surface area contributed by atoms with E-state index in [-0.39, 0.29) is 11.7 Å². The molecule has 1 fully saturated rings. The van der Waals surface area contributed by atoms with E-state index >= 15 is 0 Å². The quantitative estimate of drug-likeness (QED) is 0.936. The third-order valence-electron chi connectivity index (χ3n) is 3.65. The van der Waals surface area contributed by atoms with Crippen LogP contribution in [0, 0.1) is 0 Å². The lowest BCUT2D eigenvalue weighted by Crippen LogP contribution is -2.26. The van der Waals surface area contributed by atoms with Gasteiger partial charge in [-0.2, -0.15) is 0 Å². The molecular formula is C16H17NO4. The number of nitrogens with zero attached hydrogens (tertiary/aromatic N) is 1. The molecule has 21 heavy (non-hydrogen) atoms. The number of carbonyl (C=O) groups is 1. The fraction of sp³-hybridized carbons (Fsp3) is 0.375. The maximum absolute atomic E-state index is 11.5. The predicted molar refractivity (Wildman–Crippen MR) is 77.8 cm³/mol. The fourth-order valence-corrected chi connectivity index (χ4v) is 2.57. The number of pyridine rings is 1. The lowest BCUT2D eigenvalue weighted by molar-refractivity contribution is -0.0113. The second kappa shape index (κ2) is 6.10. The molecule has 0 aliphatic carbocycles.